The lowest BCUT2D eigenvalue weighted by Crippen LogP contribution is -2.57. The predicted molar refractivity (Wildman–Crippen MR) is 106 cm³/mol. The van der Waals surface area contributed by atoms with Crippen molar-refractivity contribution in [2.75, 3.05) is 39.9 Å². The fraction of sp³-hybridized carbons (Fsp3) is 0.450. The predicted octanol–water partition coefficient (Wildman–Crippen LogP) is 0.129. The smallest absolute Gasteiger partial charge is 0.333 e. The van der Waals surface area contributed by atoms with Gasteiger partial charge in [-0.2, -0.15) is 0 Å². The largest absolute Gasteiger partial charge is 0.495 e. The van der Waals surface area contributed by atoms with Crippen LogP contribution in [0.25, 0.3) is 5.69 Å². The van der Waals surface area contributed by atoms with E-state index in [1.54, 1.807) is 18.2 Å². The normalized spacial score (nSPS) is 18.6. The van der Waals surface area contributed by atoms with Gasteiger partial charge in [-0.15, -0.1) is 0 Å². The number of morpholine rings is 1. The average molecular weight is 400 g/mol. The fourth-order valence-electron chi connectivity index (χ4n) is 4.00. The highest BCUT2D eigenvalue weighted by Gasteiger charge is 2.39. The van der Waals surface area contributed by atoms with E-state index in [-0.39, 0.29) is 11.5 Å². The molecule has 29 heavy (non-hydrogen) atoms. The van der Waals surface area contributed by atoms with Gasteiger partial charge in [-0.25, -0.2) is 4.79 Å². The van der Waals surface area contributed by atoms with Gasteiger partial charge in [0, 0.05) is 24.4 Å². The minimum atomic E-state index is -0.597. The molecule has 2 N–H and O–H groups in total. The van der Waals surface area contributed by atoms with Crippen molar-refractivity contribution in [1.29, 1.82) is 0 Å². The van der Waals surface area contributed by atoms with Gasteiger partial charge in [-0.05, 0) is 44.1 Å². The Kier molecular flexibility index (Phi) is 5.25. The quantitative estimate of drug-likeness (QED) is 0.759. The molecule has 0 saturated carbocycles. The van der Waals surface area contributed by atoms with E-state index in [0.29, 0.717) is 36.7 Å². The van der Waals surface area contributed by atoms with Gasteiger partial charge < -0.3 is 19.7 Å². The van der Waals surface area contributed by atoms with Crippen LogP contribution in [0.2, 0.25) is 0 Å². The number of piperidine rings is 1. The van der Waals surface area contributed by atoms with Crippen LogP contribution in [-0.4, -0.2) is 65.9 Å². The molecule has 3 heterocycles. The van der Waals surface area contributed by atoms with Gasteiger partial charge in [0.05, 0.1) is 31.5 Å². The second-order valence-corrected chi connectivity index (χ2v) is 7.37. The summed E-state index contributed by atoms with van der Waals surface area (Å²) >= 11 is 0. The van der Waals surface area contributed by atoms with Gasteiger partial charge in [-0.3, -0.25) is 19.1 Å². The zero-order valence-corrected chi connectivity index (χ0v) is 16.3. The summed E-state index contributed by atoms with van der Waals surface area (Å²) in [5.41, 5.74) is -0.530. The van der Waals surface area contributed by atoms with E-state index in [4.69, 9.17) is 9.47 Å². The molecule has 2 saturated heterocycles. The zero-order valence-electron chi connectivity index (χ0n) is 16.3. The molecular weight excluding hydrogens is 376 g/mol. The molecular formula is C20H24N4O5. The van der Waals surface area contributed by atoms with Crippen LogP contribution >= 0.6 is 0 Å². The second-order valence-electron chi connectivity index (χ2n) is 7.37. The summed E-state index contributed by atoms with van der Waals surface area (Å²) in [4.78, 5) is 40.9. The molecule has 1 aromatic carbocycles. The monoisotopic (exact) mass is 400 g/mol. The van der Waals surface area contributed by atoms with E-state index < -0.39 is 11.2 Å². The van der Waals surface area contributed by atoms with Crippen molar-refractivity contribution in [3.8, 4) is 11.4 Å². The molecule has 2 fully saturated rings. The molecule has 1 amide bonds. The molecule has 0 aliphatic carbocycles. The Morgan fingerprint density at radius 3 is 2.72 bits per heavy atom. The number of rotatable bonds is 3. The molecule has 2 aliphatic heterocycles. The Morgan fingerprint density at radius 2 is 2.00 bits per heavy atom. The Balaban J connectivity index is 1.65. The lowest BCUT2D eigenvalue weighted by Gasteiger charge is -2.45. The Hall–Kier alpha value is -2.91. The van der Waals surface area contributed by atoms with Crippen LogP contribution in [0.5, 0.6) is 5.75 Å². The number of H-pyrrole nitrogens is 1. The van der Waals surface area contributed by atoms with E-state index in [0.717, 1.165) is 25.9 Å². The standard InChI is InChI=1S/C20H24N4O5/c1-28-16-3-2-14(12-15(16)24-9-4-17(25)22-19(24)27)18(26)23-10-11-29-20(13-23)5-7-21-8-6-20/h2-4,9,12,21H,5-8,10-11,13H2,1H3,(H,22,25,27). The van der Waals surface area contributed by atoms with E-state index in [1.807, 2.05) is 4.90 Å². The number of carbonyl (C=O) groups excluding carboxylic acids is 1. The molecule has 0 bridgehead atoms. The van der Waals surface area contributed by atoms with Crippen molar-refractivity contribution in [2.45, 2.75) is 18.4 Å². The van der Waals surface area contributed by atoms with Crippen molar-refractivity contribution in [3.63, 3.8) is 0 Å². The highest BCUT2D eigenvalue weighted by molar-refractivity contribution is 5.95. The van der Waals surface area contributed by atoms with Crippen molar-refractivity contribution >= 4 is 5.91 Å². The number of hydrogen-bond donors (Lipinski definition) is 2. The van der Waals surface area contributed by atoms with Gasteiger partial charge in [0.15, 0.2) is 0 Å². The van der Waals surface area contributed by atoms with E-state index in [2.05, 4.69) is 10.3 Å². The van der Waals surface area contributed by atoms with Gasteiger partial charge in [0.2, 0.25) is 0 Å². The number of carbonyl (C=O) groups is 1. The fourth-order valence-corrected chi connectivity index (χ4v) is 4.00. The molecule has 4 rings (SSSR count). The topological polar surface area (TPSA) is 106 Å². The molecule has 0 atom stereocenters. The summed E-state index contributed by atoms with van der Waals surface area (Å²) in [5, 5.41) is 3.32. The van der Waals surface area contributed by atoms with Crippen LogP contribution in [0.1, 0.15) is 23.2 Å². The summed E-state index contributed by atoms with van der Waals surface area (Å²) in [6, 6.07) is 6.20. The first-order valence-corrected chi connectivity index (χ1v) is 9.66. The first-order chi connectivity index (χ1) is 14.0. The minimum Gasteiger partial charge on any atom is -0.495 e. The number of ether oxygens (including phenoxy) is 2. The molecule has 0 radical (unpaired) electrons. The number of nitrogens with one attached hydrogen (secondary N) is 2. The van der Waals surface area contributed by atoms with Crippen LogP contribution in [0.15, 0.2) is 40.1 Å². The maximum absolute atomic E-state index is 13.2. The number of methoxy groups -OCH3 is 1. The van der Waals surface area contributed by atoms with Gasteiger partial charge in [0.1, 0.15) is 5.75 Å². The third-order valence-corrected chi connectivity index (χ3v) is 5.56. The molecule has 154 valence electrons. The molecule has 2 aromatic rings. The van der Waals surface area contributed by atoms with Crippen molar-refractivity contribution in [2.24, 2.45) is 0 Å². The average Bonchev–Trinajstić information content (AvgIpc) is 2.73. The van der Waals surface area contributed by atoms with Gasteiger partial charge in [0.25, 0.3) is 11.5 Å². The van der Waals surface area contributed by atoms with Crippen molar-refractivity contribution in [3.05, 3.63) is 56.9 Å². The Bertz CT molecular complexity index is 1020. The van der Waals surface area contributed by atoms with Gasteiger partial charge in [-0.1, -0.05) is 0 Å². The summed E-state index contributed by atoms with van der Waals surface area (Å²) in [5.74, 6) is 0.306. The summed E-state index contributed by atoms with van der Waals surface area (Å²) in [6.45, 7) is 3.34. The molecule has 9 nitrogen and oxygen atoms in total. The Labute approximate surface area is 167 Å². The van der Waals surface area contributed by atoms with Gasteiger partial charge >= 0.3 is 5.69 Å². The lowest BCUT2D eigenvalue weighted by atomic mass is 9.90. The maximum atomic E-state index is 13.2. The number of amides is 1. The molecule has 9 heteroatoms. The first kappa shape index (κ1) is 19.4. The number of benzene rings is 1. The van der Waals surface area contributed by atoms with Crippen LogP contribution < -0.4 is 21.3 Å². The van der Waals surface area contributed by atoms with Crippen LogP contribution in [0, 0.1) is 0 Å². The summed E-state index contributed by atoms with van der Waals surface area (Å²) in [7, 11) is 1.49. The summed E-state index contributed by atoms with van der Waals surface area (Å²) < 4.78 is 12.7. The molecule has 2 aliphatic rings. The van der Waals surface area contributed by atoms with Crippen molar-refractivity contribution < 1.29 is 14.3 Å². The SMILES string of the molecule is COc1ccc(C(=O)N2CCOC3(CCNCC3)C2)cc1-n1ccc(=O)[nH]c1=O. The third kappa shape index (κ3) is 3.83. The Morgan fingerprint density at radius 1 is 1.21 bits per heavy atom. The van der Waals surface area contributed by atoms with E-state index >= 15 is 0 Å². The number of aromatic nitrogens is 2. The number of nitrogens with zero attached hydrogens (tertiary/aromatic N) is 2. The highest BCUT2D eigenvalue weighted by Crippen LogP contribution is 2.29. The van der Waals surface area contributed by atoms with Crippen LogP contribution in [0.3, 0.4) is 0 Å². The zero-order chi connectivity index (χ0) is 20.4. The van der Waals surface area contributed by atoms with Crippen molar-refractivity contribution in [1.82, 2.24) is 19.8 Å². The molecule has 1 aromatic heterocycles. The summed E-state index contributed by atoms with van der Waals surface area (Å²) in [6.07, 6.45) is 3.11. The van der Waals surface area contributed by atoms with E-state index in [9.17, 15) is 14.4 Å². The third-order valence-electron chi connectivity index (χ3n) is 5.56. The van der Waals surface area contributed by atoms with Crippen LogP contribution in [0.4, 0.5) is 0 Å². The van der Waals surface area contributed by atoms with Crippen LogP contribution in [-0.2, 0) is 4.74 Å². The van der Waals surface area contributed by atoms with E-state index in [1.165, 1.54) is 23.9 Å². The molecule has 0 unspecified atom stereocenters. The minimum absolute atomic E-state index is 0.118. The number of aromatic amines is 1. The maximum Gasteiger partial charge on any atom is 0.333 e. The highest BCUT2D eigenvalue weighted by atomic mass is 16.5. The number of hydrogen-bond acceptors (Lipinski definition) is 6. The first-order valence-electron chi connectivity index (χ1n) is 9.66. The molecule has 1 spiro atoms. The second kappa shape index (κ2) is 7.84. The lowest BCUT2D eigenvalue weighted by molar-refractivity contribution is -0.114.